The number of hydrogen-bond acceptors (Lipinski definition) is 5. The molecule has 1 saturated carbocycles. The minimum Gasteiger partial charge on any atom is -0.328 e. The molecule has 1 atom stereocenters. The van der Waals surface area contributed by atoms with Gasteiger partial charge in [-0.05, 0) is 69.9 Å². The Morgan fingerprint density at radius 2 is 1.89 bits per heavy atom. The number of carbonyl (C=O) groups is 1. The molecule has 0 N–H and O–H groups in total. The van der Waals surface area contributed by atoms with Gasteiger partial charge in [-0.15, -0.1) is 0 Å². The molecule has 0 bridgehead atoms. The van der Waals surface area contributed by atoms with Gasteiger partial charge in [0.25, 0.3) is 5.91 Å². The largest absolute Gasteiger partial charge is 0.328 e. The molecule has 2 aliphatic rings. The smallest absolute Gasteiger partial charge is 0.255 e. The average Bonchev–Trinajstić information content (AvgIpc) is 3.41. The summed E-state index contributed by atoms with van der Waals surface area (Å²) in [6.45, 7) is 5.62. The van der Waals surface area contributed by atoms with Crippen molar-refractivity contribution in [2.75, 3.05) is 6.54 Å². The van der Waals surface area contributed by atoms with E-state index < -0.39 is 0 Å². The normalized spacial score (nSPS) is 17.8. The fraction of sp³-hybridized carbons (Fsp3) is 0.345. The van der Waals surface area contributed by atoms with Crippen LogP contribution in [0.15, 0.2) is 54.7 Å². The number of pyridine rings is 2. The summed E-state index contributed by atoms with van der Waals surface area (Å²) >= 11 is 0. The van der Waals surface area contributed by atoms with Gasteiger partial charge in [-0.1, -0.05) is 18.2 Å². The van der Waals surface area contributed by atoms with Crippen molar-refractivity contribution in [1.29, 1.82) is 0 Å². The highest BCUT2D eigenvalue weighted by Crippen LogP contribution is 2.42. The van der Waals surface area contributed by atoms with Crippen molar-refractivity contribution < 1.29 is 4.79 Å². The van der Waals surface area contributed by atoms with Gasteiger partial charge < -0.3 is 9.47 Å². The molecule has 0 spiro atoms. The topological polar surface area (TPSA) is 81.7 Å². The zero-order valence-electron chi connectivity index (χ0n) is 21.1. The molecule has 1 unspecified atom stereocenters. The first-order valence-corrected chi connectivity index (χ1v) is 13.2. The SMILES string of the molecule is CCn1c(C2CCCN2C(=O)c2cc(C3CC3)nc3c2c(C)nn3-c2ccccn2)nc2ccccc21. The van der Waals surface area contributed by atoms with Gasteiger partial charge in [0.1, 0.15) is 5.82 Å². The van der Waals surface area contributed by atoms with Crippen LogP contribution in [0, 0.1) is 6.92 Å². The van der Waals surface area contributed by atoms with E-state index in [9.17, 15) is 4.79 Å². The maximum absolute atomic E-state index is 14.4. The van der Waals surface area contributed by atoms with Crippen molar-refractivity contribution in [2.24, 2.45) is 0 Å². The number of fused-ring (bicyclic) bond motifs is 2. The van der Waals surface area contributed by atoms with Gasteiger partial charge >= 0.3 is 0 Å². The van der Waals surface area contributed by atoms with Gasteiger partial charge in [-0.3, -0.25) is 4.79 Å². The number of carbonyl (C=O) groups excluding carboxylic acids is 1. The number of aryl methyl sites for hydroxylation is 2. The summed E-state index contributed by atoms with van der Waals surface area (Å²) in [6.07, 6.45) is 5.83. The maximum atomic E-state index is 14.4. The molecule has 1 amide bonds. The van der Waals surface area contributed by atoms with E-state index >= 15 is 0 Å². The molecule has 8 heteroatoms. The molecular formula is C29H29N7O. The van der Waals surface area contributed by atoms with Crippen LogP contribution in [-0.2, 0) is 6.54 Å². The van der Waals surface area contributed by atoms with Crippen molar-refractivity contribution >= 4 is 28.0 Å². The minimum atomic E-state index is -0.0569. The Bertz CT molecular complexity index is 1650. The van der Waals surface area contributed by atoms with Crippen LogP contribution >= 0.6 is 0 Å². The Morgan fingerprint density at radius 3 is 2.68 bits per heavy atom. The van der Waals surface area contributed by atoms with Crippen LogP contribution in [0.5, 0.6) is 0 Å². The predicted molar refractivity (Wildman–Crippen MR) is 142 cm³/mol. The summed E-state index contributed by atoms with van der Waals surface area (Å²) in [5.41, 5.74) is 5.26. The minimum absolute atomic E-state index is 0.0372. The molecular weight excluding hydrogens is 462 g/mol. The second kappa shape index (κ2) is 8.50. The van der Waals surface area contributed by atoms with Crippen LogP contribution in [-0.4, -0.2) is 46.7 Å². The fourth-order valence-corrected chi connectivity index (χ4v) is 5.82. The molecule has 37 heavy (non-hydrogen) atoms. The van der Waals surface area contributed by atoms with Gasteiger partial charge in [0, 0.05) is 30.9 Å². The Morgan fingerprint density at radius 1 is 1.05 bits per heavy atom. The molecule has 5 heterocycles. The Labute approximate surface area is 215 Å². The lowest BCUT2D eigenvalue weighted by atomic mass is 10.1. The highest BCUT2D eigenvalue weighted by molar-refractivity contribution is 6.07. The first kappa shape index (κ1) is 22.2. The van der Waals surface area contributed by atoms with E-state index in [1.807, 2.05) is 48.2 Å². The molecule has 2 fully saturated rings. The van der Waals surface area contributed by atoms with Crippen LogP contribution in [0.25, 0.3) is 27.9 Å². The Balaban J connectivity index is 1.36. The lowest BCUT2D eigenvalue weighted by molar-refractivity contribution is 0.0729. The molecule has 186 valence electrons. The third-order valence-electron chi connectivity index (χ3n) is 7.74. The van der Waals surface area contributed by atoms with Gasteiger partial charge in [-0.25, -0.2) is 15.0 Å². The van der Waals surface area contributed by atoms with E-state index in [1.165, 1.54) is 0 Å². The van der Waals surface area contributed by atoms with Gasteiger partial charge in [-0.2, -0.15) is 9.78 Å². The average molecular weight is 492 g/mol. The van der Waals surface area contributed by atoms with Crippen molar-refractivity contribution in [2.45, 2.75) is 58.0 Å². The number of para-hydroxylation sites is 2. The third kappa shape index (κ3) is 3.54. The summed E-state index contributed by atoms with van der Waals surface area (Å²) in [7, 11) is 0. The first-order chi connectivity index (χ1) is 18.1. The number of aromatic nitrogens is 6. The summed E-state index contributed by atoms with van der Waals surface area (Å²) in [5, 5.41) is 5.60. The zero-order chi connectivity index (χ0) is 25.1. The molecule has 1 saturated heterocycles. The molecule has 0 radical (unpaired) electrons. The van der Waals surface area contributed by atoms with Crippen molar-refractivity contribution in [3.8, 4) is 5.82 Å². The molecule has 1 aliphatic carbocycles. The maximum Gasteiger partial charge on any atom is 0.255 e. The van der Waals surface area contributed by atoms with Crippen LogP contribution in [0.1, 0.15) is 72.1 Å². The molecule has 7 rings (SSSR count). The van der Waals surface area contributed by atoms with E-state index in [2.05, 4.69) is 28.6 Å². The molecule has 1 aliphatic heterocycles. The van der Waals surface area contributed by atoms with Crippen LogP contribution in [0.2, 0.25) is 0 Å². The van der Waals surface area contributed by atoms with Crippen LogP contribution in [0.3, 0.4) is 0 Å². The van der Waals surface area contributed by atoms with E-state index in [0.717, 1.165) is 65.9 Å². The number of imidazole rings is 1. The lowest BCUT2D eigenvalue weighted by Crippen LogP contribution is -2.32. The second-order valence-electron chi connectivity index (χ2n) is 10.1. The summed E-state index contributed by atoms with van der Waals surface area (Å²) in [4.78, 5) is 30.9. The number of nitrogens with zero attached hydrogens (tertiary/aromatic N) is 7. The summed E-state index contributed by atoms with van der Waals surface area (Å²) in [6, 6.07) is 15.9. The monoisotopic (exact) mass is 491 g/mol. The van der Waals surface area contributed by atoms with E-state index in [4.69, 9.17) is 15.1 Å². The summed E-state index contributed by atoms with van der Waals surface area (Å²) < 4.78 is 4.04. The van der Waals surface area contributed by atoms with Crippen molar-refractivity contribution in [3.05, 3.63) is 77.5 Å². The van der Waals surface area contributed by atoms with E-state index in [-0.39, 0.29) is 11.9 Å². The Hall–Kier alpha value is -4.07. The number of benzene rings is 1. The highest BCUT2D eigenvalue weighted by Gasteiger charge is 2.36. The molecule has 5 aromatic rings. The first-order valence-electron chi connectivity index (χ1n) is 13.2. The van der Waals surface area contributed by atoms with Gasteiger partial charge in [0.2, 0.25) is 0 Å². The number of likely N-dealkylation sites (tertiary alicyclic amines) is 1. The van der Waals surface area contributed by atoms with Crippen LogP contribution in [0.4, 0.5) is 0 Å². The molecule has 8 nitrogen and oxygen atoms in total. The van der Waals surface area contributed by atoms with Gasteiger partial charge in [0.05, 0.1) is 33.7 Å². The lowest BCUT2D eigenvalue weighted by Gasteiger charge is -2.25. The van der Waals surface area contributed by atoms with Gasteiger partial charge in [0.15, 0.2) is 11.5 Å². The standard InChI is InChI=1S/C29H29N7O/c1-3-34-23-10-5-4-9-21(23)31-27(34)24-11-8-16-35(24)29(37)20-17-22(19-13-14-19)32-28-26(20)18(2)33-36(28)25-12-6-7-15-30-25/h4-7,9-10,12,15,17,19,24H,3,8,11,13-14,16H2,1-2H3. The zero-order valence-corrected chi connectivity index (χ0v) is 21.1. The van der Waals surface area contributed by atoms with Crippen molar-refractivity contribution in [3.63, 3.8) is 0 Å². The molecule has 1 aromatic carbocycles. The number of hydrogen-bond donors (Lipinski definition) is 0. The fourth-order valence-electron chi connectivity index (χ4n) is 5.82. The van der Waals surface area contributed by atoms with E-state index in [0.29, 0.717) is 29.5 Å². The van der Waals surface area contributed by atoms with Crippen LogP contribution < -0.4 is 0 Å². The Kier molecular flexibility index (Phi) is 5.09. The third-order valence-corrected chi connectivity index (χ3v) is 7.74. The predicted octanol–water partition coefficient (Wildman–Crippen LogP) is 5.35. The number of amides is 1. The quantitative estimate of drug-likeness (QED) is 0.331. The van der Waals surface area contributed by atoms with Crippen molar-refractivity contribution in [1.82, 2.24) is 34.2 Å². The summed E-state index contributed by atoms with van der Waals surface area (Å²) in [5.74, 6) is 2.12. The molecule has 4 aromatic heterocycles. The van der Waals surface area contributed by atoms with E-state index in [1.54, 1.807) is 10.9 Å². The highest BCUT2D eigenvalue weighted by atomic mass is 16.2. The number of rotatable bonds is 5. The second-order valence-corrected chi connectivity index (χ2v) is 10.1.